The molecule has 2 aromatic rings. The van der Waals surface area contributed by atoms with Gasteiger partial charge >= 0.3 is 0 Å². The molecule has 34 heavy (non-hydrogen) atoms. The lowest BCUT2D eigenvalue weighted by atomic mass is 10.1. The van der Waals surface area contributed by atoms with E-state index in [0.717, 1.165) is 22.2 Å². The summed E-state index contributed by atoms with van der Waals surface area (Å²) >= 11 is 0.791. The highest BCUT2D eigenvalue weighted by molar-refractivity contribution is 8.18. The summed E-state index contributed by atoms with van der Waals surface area (Å²) in [6, 6.07) is 12.1. The molecule has 0 bridgehead atoms. The minimum Gasteiger partial charge on any atom is -0.350 e. The van der Waals surface area contributed by atoms with Gasteiger partial charge in [0.2, 0.25) is 11.8 Å². The first-order valence-corrected chi connectivity index (χ1v) is 11.3. The first-order valence-electron chi connectivity index (χ1n) is 10.5. The number of imide groups is 2. The number of carbonyl (C=O) groups is 5. The molecule has 0 radical (unpaired) electrons. The molecule has 0 atom stereocenters. The molecule has 10 heteroatoms. The van der Waals surface area contributed by atoms with Crippen molar-refractivity contribution in [2.24, 2.45) is 0 Å². The molecule has 1 N–H and O–H groups in total. The number of hydrogen-bond donors (Lipinski definition) is 1. The van der Waals surface area contributed by atoms with Crippen molar-refractivity contribution in [1.82, 2.24) is 15.1 Å². The maximum Gasteiger partial charge on any atom is 0.293 e. The third kappa shape index (κ3) is 5.23. The Labute approximate surface area is 198 Å². The predicted molar refractivity (Wildman–Crippen MR) is 123 cm³/mol. The van der Waals surface area contributed by atoms with Gasteiger partial charge in [0.15, 0.2) is 0 Å². The number of likely N-dealkylation sites (tertiary alicyclic amines) is 1. The SMILES string of the molecule is O=C(NCCN1C(=O)S/C(=C\c2ccc(F)cc2)C1=O)c1ccc(CN2C(=O)CCC2=O)cc1. The molecule has 174 valence electrons. The van der Waals surface area contributed by atoms with Gasteiger partial charge in [-0.1, -0.05) is 24.3 Å². The van der Waals surface area contributed by atoms with E-state index in [-0.39, 0.29) is 55.1 Å². The lowest BCUT2D eigenvalue weighted by Crippen LogP contribution is -2.37. The maximum absolute atomic E-state index is 13.0. The van der Waals surface area contributed by atoms with Crippen LogP contribution in [0.1, 0.15) is 34.3 Å². The molecule has 2 aromatic carbocycles. The van der Waals surface area contributed by atoms with Crippen molar-refractivity contribution in [1.29, 1.82) is 0 Å². The molecule has 0 aliphatic carbocycles. The molecule has 5 amide bonds. The molecule has 2 aliphatic rings. The Bertz CT molecular complexity index is 1180. The zero-order chi connectivity index (χ0) is 24.2. The predicted octanol–water partition coefficient (Wildman–Crippen LogP) is 2.94. The summed E-state index contributed by atoms with van der Waals surface area (Å²) in [5.74, 6) is -1.65. The summed E-state index contributed by atoms with van der Waals surface area (Å²) in [6.07, 6.45) is 1.97. The Balaban J connectivity index is 1.29. The molecule has 2 heterocycles. The van der Waals surface area contributed by atoms with Gasteiger partial charge in [0.05, 0.1) is 11.4 Å². The van der Waals surface area contributed by atoms with Crippen LogP contribution in [0.3, 0.4) is 0 Å². The Morgan fingerprint density at radius 3 is 2.24 bits per heavy atom. The number of rotatable bonds is 7. The summed E-state index contributed by atoms with van der Waals surface area (Å²) in [4.78, 5) is 63.1. The van der Waals surface area contributed by atoms with Crippen LogP contribution in [0.4, 0.5) is 9.18 Å². The summed E-state index contributed by atoms with van der Waals surface area (Å²) in [6.45, 7) is 0.248. The zero-order valence-corrected chi connectivity index (χ0v) is 18.8. The standard InChI is InChI=1S/C24H20FN3O5S/c25-18-7-3-15(4-8-18)13-19-23(32)27(24(33)34-19)12-11-26-22(31)17-5-1-16(2-6-17)14-28-20(29)9-10-21(28)30/h1-8,13H,9-12,14H2,(H,26,31)/b19-13-. The van der Waals surface area contributed by atoms with Crippen LogP contribution in [0.25, 0.3) is 6.08 Å². The quantitative estimate of drug-likeness (QED) is 0.482. The second-order valence-corrected chi connectivity index (χ2v) is 8.70. The number of halogens is 1. The van der Waals surface area contributed by atoms with Crippen LogP contribution < -0.4 is 5.32 Å². The number of nitrogens with one attached hydrogen (secondary N) is 1. The van der Waals surface area contributed by atoms with E-state index in [9.17, 15) is 28.4 Å². The monoisotopic (exact) mass is 481 g/mol. The third-order valence-corrected chi connectivity index (χ3v) is 6.28. The Hall–Kier alpha value is -3.79. The second-order valence-electron chi connectivity index (χ2n) is 7.71. The van der Waals surface area contributed by atoms with E-state index in [1.807, 2.05) is 0 Å². The minimum atomic E-state index is -0.469. The fourth-order valence-corrected chi connectivity index (χ4v) is 4.39. The van der Waals surface area contributed by atoms with Gasteiger partial charge in [-0.2, -0.15) is 0 Å². The van der Waals surface area contributed by atoms with Gasteiger partial charge in [-0.05, 0) is 53.2 Å². The Kier molecular flexibility index (Phi) is 6.87. The topological polar surface area (TPSA) is 104 Å². The van der Waals surface area contributed by atoms with Gasteiger partial charge in [-0.3, -0.25) is 33.8 Å². The molecule has 0 spiro atoms. The van der Waals surface area contributed by atoms with Gasteiger partial charge in [-0.15, -0.1) is 0 Å². The van der Waals surface area contributed by atoms with Gasteiger partial charge in [-0.25, -0.2) is 4.39 Å². The zero-order valence-electron chi connectivity index (χ0n) is 18.0. The van der Waals surface area contributed by atoms with Crippen molar-refractivity contribution in [3.8, 4) is 0 Å². The van der Waals surface area contributed by atoms with Crippen molar-refractivity contribution in [3.63, 3.8) is 0 Å². The summed E-state index contributed by atoms with van der Waals surface area (Å²) in [5.41, 5.74) is 1.70. The van der Waals surface area contributed by atoms with E-state index in [1.54, 1.807) is 24.3 Å². The molecular weight excluding hydrogens is 461 g/mol. The minimum absolute atomic E-state index is 0.00836. The lowest BCUT2D eigenvalue weighted by Gasteiger charge is -2.14. The molecule has 4 rings (SSSR count). The van der Waals surface area contributed by atoms with Crippen molar-refractivity contribution >= 4 is 46.7 Å². The fraction of sp³-hybridized carbons (Fsp3) is 0.208. The summed E-state index contributed by atoms with van der Waals surface area (Å²) in [7, 11) is 0. The third-order valence-electron chi connectivity index (χ3n) is 5.37. The van der Waals surface area contributed by atoms with Crippen LogP contribution in [0.5, 0.6) is 0 Å². The number of nitrogens with zero attached hydrogens (tertiary/aromatic N) is 2. The van der Waals surface area contributed by atoms with E-state index in [0.29, 0.717) is 11.1 Å². The highest BCUT2D eigenvalue weighted by Gasteiger charge is 2.34. The average Bonchev–Trinajstić information content (AvgIpc) is 3.28. The number of hydrogen-bond acceptors (Lipinski definition) is 6. The second kappa shape index (κ2) is 10.0. The number of amides is 5. The first-order chi connectivity index (χ1) is 16.3. The van der Waals surface area contributed by atoms with Gasteiger partial charge in [0.1, 0.15) is 5.82 Å². The first kappa shape index (κ1) is 23.4. The van der Waals surface area contributed by atoms with E-state index in [4.69, 9.17) is 0 Å². The normalized spacial score (nSPS) is 17.3. The van der Waals surface area contributed by atoms with E-state index in [2.05, 4.69) is 5.32 Å². The largest absolute Gasteiger partial charge is 0.350 e. The summed E-state index contributed by atoms with van der Waals surface area (Å²) in [5, 5.41) is 2.23. The highest BCUT2D eigenvalue weighted by atomic mass is 32.2. The van der Waals surface area contributed by atoms with Crippen LogP contribution in [0.2, 0.25) is 0 Å². The molecule has 8 nitrogen and oxygen atoms in total. The van der Waals surface area contributed by atoms with E-state index < -0.39 is 17.0 Å². The van der Waals surface area contributed by atoms with Crippen LogP contribution in [0.15, 0.2) is 53.4 Å². The number of carbonyl (C=O) groups excluding carboxylic acids is 5. The van der Waals surface area contributed by atoms with Gasteiger partial charge in [0.25, 0.3) is 17.1 Å². The summed E-state index contributed by atoms with van der Waals surface area (Å²) < 4.78 is 13.0. The average molecular weight is 482 g/mol. The van der Waals surface area contributed by atoms with Crippen molar-refractivity contribution in [2.45, 2.75) is 19.4 Å². The molecule has 0 aromatic heterocycles. The molecule has 2 aliphatic heterocycles. The van der Waals surface area contributed by atoms with Crippen molar-refractivity contribution < 1.29 is 28.4 Å². The van der Waals surface area contributed by atoms with Crippen LogP contribution >= 0.6 is 11.8 Å². The van der Waals surface area contributed by atoms with E-state index in [1.165, 1.54) is 35.2 Å². The van der Waals surface area contributed by atoms with E-state index >= 15 is 0 Å². The molecule has 2 fully saturated rings. The van der Waals surface area contributed by atoms with Gasteiger partial charge < -0.3 is 5.32 Å². The highest BCUT2D eigenvalue weighted by Crippen LogP contribution is 2.31. The Morgan fingerprint density at radius 2 is 1.59 bits per heavy atom. The molecule has 2 saturated heterocycles. The van der Waals surface area contributed by atoms with Crippen molar-refractivity contribution in [3.05, 3.63) is 75.9 Å². The smallest absolute Gasteiger partial charge is 0.293 e. The Morgan fingerprint density at radius 1 is 0.941 bits per heavy atom. The van der Waals surface area contributed by atoms with Crippen molar-refractivity contribution in [2.75, 3.05) is 13.1 Å². The van der Waals surface area contributed by atoms with Crippen LogP contribution in [0, 0.1) is 5.82 Å². The molecular formula is C24H20FN3O5S. The molecule has 0 saturated carbocycles. The number of thioether (sulfide) groups is 1. The molecule has 0 unspecified atom stereocenters. The lowest BCUT2D eigenvalue weighted by molar-refractivity contribution is -0.139. The maximum atomic E-state index is 13.0. The van der Waals surface area contributed by atoms with Crippen LogP contribution in [-0.4, -0.2) is 51.8 Å². The van der Waals surface area contributed by atoms with Gasteiger partial charge in [0, 0.05) is 31.5 Å². The van der Waals surface area contributed by atoms with Crippen LogP contribution in [-0.2, 0) is 20.9 Å². The fourth-order valence-electron chi connectivity index (χ4n) is 3.53. The number of benzene rings is 2.